The van der Waals surface area contributed by atoms with Gasteiger partial charge in [0, 0.05) is 13.5 Å². The average molecular weight is 192 g/mol. The van der Waals surface area contributed by atoms with Crippen molar-refractivity contribution in [2.75, 3.05) is 26.9 Å². The topological polar surface area (TPSA) is 68.2 Å². The summed E-state index contributed by atoms with van der Waals surface area (Å²) in [5.74, 6) is 0. The molecule has 1 rings (SSSR count). The smallest absolute Gasteiger partial charge is 0.181 e. The monoisotopic (exact) mass is 192 g/mol. The van der Waals surface area contributed by atoms with Crippen molar-refractivity contribution in [3.05, 3.63) is 0 Å². The van der Waals surface area contributed by atoms with Crippen molar-refractivity contribution < 1.29 is 24.4 Å². The number of ether oxygens (including phenoxy) is 3. The molecule has 1 aliphatic heterocycles. The molecule has 0 aliphatic carbocycles. The summed E-state index contributed by atoms with van der Waals surface area (Å²) < 4.78 is 15.0. The Morgan fingerprint density at radius 1 is 1.38 bits per heavy atom. The Morgan fingerprint density at radius 3 is 2.69 bits per heavy atom. The zero-order valence-electron chi connectivity index (χ0n) is 7.68. The second kappa shape index (κ2) is 5.51. The van der Waals surface area contributed by atoms with Gasteiger partial charge in [0.1, 0.15) is 6.10 Å². The summed E-state index contributed by atoms with van der Waals surface area (Å²) in [4.78, 5) is 0. The standard InChI is InChI=1S/C8H16O5/c1-11-2-3-12-5-6-4-7(9)8(10)13-6/h6-10H,2-5H2,1H3/t6-,7-,8?/m0/s1. The second-order valence-electron chi connectivity index (χ2n) is 3.02. The van der Waals surface area contributed by atoms with E-state index in [1.165, 1.54) is 0 Å². The molecule has 13 heavy (non-hydrogen) atoms. The summed E-state index contributed by atoms with van der Waals surface area (Å²) in [6.07, 6.45) is -1.62. The summed E-state index contributed by atoms with van der Waals surface area (Å²) in [5.41, 5.74) is 0. The Morgan fingerprint density at radius 2 is 2.15 bits per heavy atom. The first-order valence-corrected chi connectivity index (χ1v) is 4.32. The van der Waals surface area contributed by atoms with Crippen molar-refractivity contribution in [1.29, 1.82) is 0 Å². The first-order valence-electron chi connectivity index (χ1n) is 4.32. The minimum Gasteiger partial charge on any atom is -0.388 e. The lowest BCUT2D eigenvalue weighted by Crippen LogP contribution is -2.19. The molecule has 0 aromatic rings. The van der Waals surface area contributed by atoms with Crippen LogP contribution in [-0.4, -0.2) is 55.6 Å². The van der Waals surface area contributed by atoms with Gasteiger partial charge >= 0.3 is 0 Å². The predicted molar refractivity (Wildman–Crippen MR) is 44.2 cm³/mol. The van der Waals surface area contributed by atoms with Crippen molar-refractivity contribution >= 4 is 0 Å². The highest BCUT2D eigenvalue weighted by atomic mass is 16.6. The van der Waals surface area contributed by atoms with Crippen molar-refractivity contribution in [1.82, 2.24) is 0 Å². The van der Waals surface area contributed by atoms with Crippen LogP contribution in [0.25, 0.3) is 0 Å². The van der Waals surface area contributed by atoms with E-state index in [0.29, 0.717) is 26.2 Å². The summed E-state index contributed by atoms with van der Waals surface area (Å²) >= 11 is 0. The Hall–Kier alpha value is -0.200. The molecule has 1 saturated heterocycles. The zero-order chi connectivity index (χ0) is 9.68. The van der Waals surface area contributed by atoms with Gasteiger partial charge < -0.3 is 24.4 Å². The maximum absolute atomic E-state index is 9.12. The molecule has 3 atom stereocenters. The van der Waals surface area contributed by atoms with Crippen LogP contribution in [0.2, 0.25) is 0 Å². The second-order valence-corrected chi connectivity index (χ2v) is 3.02. The molecule has 1 fully saturated rings. The molecule has 5 nitrogen and oxygen atoms in total. The van der Waals surface area contributed by atoms with Gasteiger partial charge in [-0.15, -0.1) is 0 Å². The molecule has 1 unspecified atom stereocenters. The fourth-order valence-electron chi connectivity index (χ4n) is 1.19. The molecule has 0 aromatic heterocycles. The Balaban J connectivity index is 2.03. The molecule has 0 saturated carbocycles. The number of methoxy groups -OCH3 is 1. The average Bonchev–Trinajstić information content (AvgIpc) is 2.41. The van der Waals surface area contributed by atoms with Crippen LogP contribution in [0.4, 0.5) is 0 Å². The van der Waals surface area contributed by atoms with E-state index in [0.717, 1.165) is 0 Å². The van der Waals surface area contributed by atoms with Crippen LogP contribution >= 0.6 is 0 Å². The molecule has 0 radical (unpaired) electrons. The molecule has 0 amide bonds. The summed E-state index contributed by atoms with van der Waals surface area (Å²) in [7, 11) is 1.60. The van der Waals surface area contributed by atoms with Gasteiger partial charge in [0.15, 0.2) is 6.29 Å². The van der Waals surface area contributed by atoms with Crippen LogP contribution in [0, 0.1) is 0 Å². The third-order valence-electron chi connectivity index (χ3n) is 1.90. The van der Waals surface area contributed by atoms with E-state index in [2.05, 4.69) is 0 Å². The van der Waals surface area contributed by atoms with Crippen LogP contribution in [0.15, 0.2) is 0 Å². The summed E-state index contributed by atoms with van der Waals surface area (Å²) in [5, 5.41) is 18.1. The Kier molecular flexibility index (Phi) is 4.61. The highest BCUT2D eigenvalue weighted by Crippen LogP contribution is 2.18. The Bertz CT molecular complexity index is 130. The van der Waals surface area contributed by atoms with Crippen LogP contribution in [0.1, 0.15) is 6.42 Å². The van der Waals surface area contributed by atoms with E-state index in [9.17, 15) is 0 Å². The van der Waals surface area contributed by atoms with E-state index in [-0.39, 0.29) is 6.10 Å². The first-order chi connectivity index (χ1) is 6.24. The van der Waals surface area contributed by atoms with Crippen LogP contribution < -0.4 is 0 Å². The van der Waals surface area contributed by atoms with Crippen molar-refractivity contribution in [3.8, 4) is 0 Å². The van der Waals surface area contributed by atoms with Crippen LogP contribution in [-0.2, 0) is 14.2 Å². The van der Waals surface area contributed by atoms with Gasteiger partial charge in [-0.2, -0.15) is 0 Å². The summed E-state index contributed by atoms with van der Waals surface area (Å²) in [6, 6.07) is 0. The number of aliphatic hydroxyl groups excluding tert-OH is 2. The lowest BCUT2D eigenvalue weighted by molar-refractivity contribution is -0.137. The molecule has 2 N–H and O–H groups in total. The van der Waals surface area contributed by atoms with E-state index in [4.69, 9.17) is 24.4 Å². The number of rotatable bonds is 5. The molecular formula is C8H16O5. The van der Waals surface area contributed by atoms with E-state index >= 15 is 0 Å². The van der Waals surface area contributed by atoms with Crippen molar-refractivity contribution in [2.45, 2.75) is 24.9 Å². The molecule has 0 spiro atoms. The molecule has 1 aliphatic rings. The number of hydrogen-bond acceptors (Lipinski definition) is 5. The van der Waals surface area contributed by atoms with Crippen LogP contribution in [0.3, 0.4) is 0 Å². The minimum atomic E-state index is -1.06. The van der Waals surface area contributed by atoms with Gasteiger partial charge in [-0.3, -0.25) is 0 Å². The van der Waals surface area contributed by atoms with Crippen LogP contribution in [0.5, 0.6) is 0 Å². The van der Waals surface area contributed by atoms with Gasteiger partial charge in [0.05, 0.1) is 25.9 Å². The van der Waals surface area contributed by atoms with Crippen molar-refractivity contribution in [3.63, 3.8) is 0 Å². The Labute approximate surface area is 77.2 Å². The fourth-order valence-corrected chi connectivity index (χ4v) is 1.19. The molecule has 0 aromatic carbocycles. The van der Waals surface area contributed by atoms with E-state index in [1.54, 1.807) is 7.11 Å². The molecule has 5 heteroatoms. The zero-order valence-corrected chi connectivity index (χ0v) is 7.68. The fraction of sp³-hybridized carbons (Fsp3) is 1.00. The lowest BCUT2D eigenvalue weighted by Gasteiger charge is -2.09. The molecule has 0 bridgehead atoms. The third kappa shape index (κ3) is 3.58. The van der Waals surface area contributed by atoms with E-state index < -0.39 is 12.4 Å². The normalized spacial score (nSPS) is 33.9. The maximum atomic E-state index is 9.12. The maximum Gasteiger partial charge on any atom is 0.181 e. The van der Waals surface area contributed by atoms with Crippen molar-refractivity contribution in [2.24, 2.45) is 0 Å². The third-order valence-corrected chi connectivity index (χ3v) is 1.90. The number of aliphatic hydroxyl groups is 2. The number of hydrogen-bond donors (Lipinski definition) is 2. The highest BCUT2D eigenvalue weighted by molar-refractivity contribution is 4.75. The summed E-state index contributed by atoms with van der Waals surface area (Å²) in [6.45, 7) is 1.43. The largest absolute Gasteiger partial charge is 0.388 e. The molecule has 78 valence electrons. The first kappa shape index (κ1) is 10.9. The predicted octanol–water partition coefficient (Wildman–Crippen LogP) is -0.882. The van der Waals surface area contributed by atoms with Gasteiger partial charge in [0.2, 0.25) is 0 Å². The lowest BCUT2D eigenvalue weighted by atomic mass is 10.2. The molecule has 1 heterocycles. The molecular weight excluding hydrogens is 176 g/mol. The quantitative estimate of drug-likeness (QED) is 0.553. The minimum absolute atomic E-state index is 0.207. The van der Waals surface area contributed by atoms with Gasteiger partial charge in [-0.05, 0) is 0 Å². The SMILES string of the molecule is COCCOC[C@@H]1C[C@H](O)C(O)O1. The highest BCUT2D eigenvalue weighted by Gasteiger charge is 2.32. The van der Waals surface area contributed by atoms with Gasteiger partial charge in [0.25, 0.3) is 0 Å². The van der Waals surface area contributed by atoms with Gasteiger partial charge in [-0.1, -0.05) is 0 Å². The van der Waals surface area contributed by atoms with E-state index in [1.807, 2.05) is 0 Å². The van der Waals surface area contributed by atoms with Gasteiger partial charge in [-0.25, -0.2) is 0 Å².